The summed E-state index contributed by atoms with van der Waals surface area (Å²) in [7, 11) is 0. The van der Waals surface area contributed by atoms with Crippen LogP contribution >= 0.6 is 23.2 Å². The van der Waals surface area contributed by atoms with Gasteiger partial charge in [-0.05, 0) is 12.1 Å². The van der Waals surface area contributed by atoms with Crippen molar-refractivity contribution in [2.75, 3.05) is 11.9 Å². The van der Waals surface area contributed by atoms with Crippen LogP contribution < -0.4 is 10.1 Å². The third-order valence-corrected chi connectivity index (χ3v) is 2.29. The molecule has 0 atom stereocenters. The minimum Gasteiger partial charge on any atom is -0.433 e. The van der Waals surface area contributed by atoms with Crippen molar-refractivity contribution in [3.05, 3.63) is 34.8 Å². The van der Waals surface area contributed by atoms with Crippen LogP contribution in [0.2, 0.25) is 0 Å². The van der Waals surface area contributed by atoms with Crippen LogP contribution in [0.1, 0.15) is 0 Å². The number of alkyl halides is 2. The van der Waals surface area contributed by atoms with E-state index >= 15 is 0 Å². The Bertz CT molecular complexity index is 372. The second kappa shape index (κ2) is 6.55. The maximum Gasteiger partial charge on any atom is 0.387 e. The molecule has 0 aliphatic heterocycles. The average molecular weight is 268 g/mol. The van der Waals surface area contributed by atoms with Crippen molar-refractivity contribution < 1.29 is 13.5 Å². The topological polar surface area (TPSA) is 21.3 Å². The Labute approximate surface area is 102 Å². The molecule has 1 aromatic carbocycles. The number of rotatable bonds is 5. The zero-order valence-corrected chi connectivity index (χ0v) is 9.60. The molecule has 0 saturated carbocycles. The molecule has 1 rings (SSSR count). The minimum absolute atomic E-state index is 0.0662. The first-order valence-electron chi connectivity index (χ1n) is 4.36. The van der Waals surface area contributed by atoms with Crippen molar-refractivity contribution in [1.29, 1.82) is 0 Å². The van der Waals surface area contributed by atoms with Gasteiger partial charge in [-0.3, -0.25) is 0 Å². The molecule has 1 N–H and O–H groups in total. The first-order chi connectivity index (χ1) is 7.63. The van der Waals surface area contributed by atoms with Gasteiger partial charge in [0.25, 0.3) is 0 Å². The fourth-order valence-electron chi connectivity index (χ4n) is 1.03. The van der Waals surface area contributed by atoms with E-state index in [0.717, 1.165) is 0 Å². The largest absolute Gasteiger partial charge is 0.433 e. The molecule has 0 aliphatic rings. The molecule has 0 aromatic heterocycles. The van der Waals surface area contributed by atoms with Gasteiger partial charge in [0.05, 0.1) is 12.2 Å². The Hall–Kier alpha value is -1.00. The lowest BCUT2D eigenvalue weighted by atomic mass is 10.3. The van der Waals surface area contributed by atoms with E-state index in [4.69, 9.17) is 23.2 Å². The highest BCUT2D eigenvalue weighted by atomic mass is 35.5. The van der Waals surface area contributed by atoms with Crippen LogP contribution in [0.25, 0.3) is 0 Å². The van der Waals surface area contributed by atoms with Crippen LogP contribution in [0.4, 0.5) is 14.5 Å². The summed E-state index contributed by atoms with van der Waals surface area (Å²) < 4.78 is 28.4. The molecule has 0 heterocycles. The van der Waals surface area contributed by atoms with Gasteiger partial charge in [0.15, 0.2) is 0 Å². The second-order valence-corrected chi connectivity index (χ2v) is 3.49. The Balaban J connectivity index is 2.71. The first kappa shape index (κ1) is 13.1. The number of hydrogen-bond acceptors (Lipinski definition) is 2. The van der Waals surface area contributed by atoms with E-state index in [1.165, 1.54) is 11.6 Å². The van der Waals surface area contributed by atoms with E-state index in [0.29, 0.717) is 10.7 Å². The molecular formula is C10H9Cl2F2NO. The van der Waals surface area contributed by atoms with Crippen LogP contribution in [0.3, 0.4) is 0 Å². The number of nitrogens with one attached hydrogen (secondary N) is 1. The van der Waals surface area contributed by atoms with Gasteiger partial charge in [-0.1, -0.05) is 35.3 Å². The fourth-order valence-corrected chi connectivity index (χ4v) is 1.17. The highest BCUT2D eigenvalue weighted by Crippen LogP contribution is 2.25. The minimum atomic E-state index is -2.86. The Morgan fingerprint density at radius 1 is 1.44 bits per heavy atom. The number of hydrogen-bond donors (Lipinski definition) is 1. The van der Waals surface area contributed by atoms with Crippen LogP contribution in [0, 0.1) is 0 Å². The zero-order chi connectivity index (χ0) is 12.0. The number of anilines is 1. The third kappa shape index (κ3) is 4.24. The standard InChI is InChI=1S/C10H9Cl2F2NO/c11-5-7(12)6-15-8-3-1-2-4-9(8)16-10(13)14/h1-5,10,15H,6H2. The number of para-hydroxylation sites is 2. The molecule has 6 heteroatoms. The van der Waals surface area contributed by atoms with Crippen molar-refractivity contribution in [2.45, 2.75) is 6.61 Å². The average Bonchev–Trinajstić information content (AvgIpc) is 2.26. The predicted octanol–water partition coefficient (Wildman–Crippen LogP) is 4.02. The van der Waals surface area contributed by atoms with Crippen molar-refractivity contribution in [3.8, 4) is 5.75 Å². The van der Waals surface area contributed by atoms with Gasteiger partial charge >= 0.3 is 6.61 Å². The Morgan fingerprint density at radius 3 is 2.75 bits per heavy atom. The van der Waals surface area contributed by atoms with Gasteiger partial charge in [0, 0.05) is 10.6 Å². The van der Waals surface area contributed by atoms with Crippen molar-refractivity contribution in [3.63, 3.8) is 0 Å². The molecule has 0 unspecified atom stereocenters. The summed E-state index contributed by atoms with van der Waals surface area (Å²) in [5, 5.41) is 3.20. The lowest BCUT2D eigenvalue weighted by Crippen LogP contribution is -2.07. The normalized spacial score (nSPS) is 11.7. The van der Waals surface area contributed by atoms with Crippen LogP contribution in [0.5, 0.6) is 5.75 Å². The van der Waals surface area contributed by atoms with E-state index in [1.54, 1.807) is 18.2 Å². The second-order valence-electron chi connectivity index (χ2n) is 2.78. The summed E-state index contributed by atoms with van der Waals surface area (Å²) in [5.74, 6) is 0.0662. The van der Waals surface area contributed by atoms with Crippen molar-refractivity contribution in [2.24, 2.45) is 0 Å². The molecule has 88 valence electrons. The smallest absolute Gasteiger partial charge is 0.387 e. The molecule has 0 amide bonds. The van der Waals surface area contributed by atoms with E-state index in [2.05, 4.69) is 10.1 Å². The van der Waals surface area contributed by atoms with Gasteiger partial charge < -0.3 is 10.1 Å². The van der Waals surface area contributed by atoms with Crippen molar-refractivity contribution in [1.82, 2.24) is 0 Å². The monoisotopic (exact) mass is 267 g/mol. The third-order valence-electron chi connectivity index (χ3n) is 1.67. The molecule has 0 fully saturated rings. The zero-order valence-electron chi connectivity index (χ0n) is 8.09. The summed E-state index contributed by atoms with van der Waals surface area (Å²) in [6.07, 6.45) is 0. The van der Waals surface area contributed by atoms with E-state index in [-0.39, 0.29) is 12.3 Å². The summed E-state index contributed by atoms with van der Waals surface area (Å²) in [6.45, 7) is -2.61. The summed E-state index contributed by atoms with van der Waals surface area (Å²) in [4.78, 5) is 0. The van der Waals surface area contributed by atoms with Crippen LogP contribution in [-0.2, 0) is 0 Å². The highest BCUT2D eigenvalue weighted by molar-refractivity contribution is 6.36. The summed E-state index contributed by atoms with van der Waals surface area (Å²) in [6, 6.07) is 6.34. The lowest BCUT2D eigenvalue weighted by molar-refractivity contribution is -0.0493. The highest BCUT2D eigenvalue weighted by Gasteiger charge is 2.08. The number of halogens is 4. The Kier molecular flexibility index (Phi) is 5.35. The summed E-state index contributed by atoms with van der Waals surface area (Å²) >= 11 is 11.0. The molecular weight excluding hydrogens is 259 g/mol. The van der Waals surface area contributed by atoms with Gasteiger partial charge in [-0.2, -0.15) is 8.78 Å². The van der Waals surface area contributed by atoms with Crippen LogP contribution in [-0.4, -0.2) is 13.2 Å². The van der Waals surface area contributed by atoms with Gasteiger partial charge in [-0.25, -0.2) is 0 Å². The predicted molar refractivity (Wildman–Crippen MR) is 61.4 cm³/mol. The quantitative estimate of drug-likeness (QED) is 0.870. The van der Waals surface area contributed by atoms with E-state index < -0.39 is 6.61 Å². The molecule has 0 radical (unpaired) electrons. The van der Waals surface area contributed by atoms with Crippen molar-refractivity contribution >= 4 is 28.9 Å². The molecule has 0 bridgehead atoms. The van der Waals surface area contributed by atoms with E-state index in [1.807, 2.05) is 0 Å². The SMILES string of the molecule is FC(F)Oc1ccccc1NCC(Cl)=CCl. The molecule has 0 spiro atoms. The molecule has 2 nitrogen and oxygen atoms in total. The van der Waals surface area contributed by atoms with Gasteiger partial charge in [0.1, 0.15) is 5.75 Å². The Morgan fingerprint density at radius 2 is 2.12 bits per heavy atom. The van der Waals surface area contributed by atoms with E-state index in [9.17, 15) is 8.78 Å². The molecule has 1 aromatic rings. The van der Waals surface area contributed by atoms with Gasteiger partial charge in [-0.15, -0.1) is 0 Å². The first-order valence-corrected chi connectivity index (χ1v) is 5.17. The maximum absolute atomic E-state index is 12.1. The lowest BCUT2D eigenvalue weighted by Gasteiger charge is -2.11. The molecule has 0 aliphatic carbocycles. The molecule has 0 saturated heterocycles. The van der Waals surface area contributed by atoms with Gasteiger partial charge in [0.2, 0.25) is 0 Å². The molecule has 16 heavy (non-hydrogen) atoms. The van der Waals surface area contributed by atoms with Crippen LogP contribution in [0.15, 0.2) is 34.8 Å². The number of benzene rings is 1. The fraction of sp³-hybridized carbons (Fsp3) is 0.200. The number of ether oxygens (including phenoxy) is 1. The summed E-state index contributed by atoms with van der Waals surface area (Å²) in [5.41, 5.74) is 1.63. The maximum atomic E-state index is 12.1.